The van der Waals surface area contributed by atoms with Crippen molar-refractivity contribution in [3.8, 4) is 0 Å². The van der Waals surface area contributed by atoms with Crippen LogP contribution < -0.4 is 19.2 Å². The van der Waals surface area contributed by atoms with E-state index in [9.17, 15) is 0 Å². The van der Waals surface area contributed by atoms with E-state index in [1.54, 1.807) is 0 Å². The summed E-state index contributed by atoms with van der Waals surface area (Å²) in [6.45, 7) is 6.53. The van der Waals surface area contributed by atoms with Crippen LogP contribution in [0.3, 0.4) is 0 Å². The van der Waals surface area contributed by atoms with Gasteiger partial charge in [0.05, 0.1) is 0 Å². The molecule has 4 rings (SSSR count). The van der Waals surface area contributed by atoms with Crippen molar-refractivity contribution in [1.29, 1.82) is 0 Å². The second-order valence-electron chi connectivity index (χ2n) is 7.54. The van der Waals surface area contributed by atoms with Gasteiger partial charge in [0.2, 0.25) is 0 Å². The third kappa shape index (κ3) is 3.67. The fraction of sp³-hybridized carbons (Fsp3) is 0.143. The first-order valence-corrected chi connectivity index (χ1v) is 16.5. The standard InChI is InChI=1S/C10H14N.3C6H5.Sn/c1-3-11(4-2)10-8-6-5-7-9-10;3*1-2-4-6-5-3-1;/h5-8H,3-4H2,1-2H3;3*1-5H;. The van der Waals surface area contributed by atoms with Gasteiger partial charge in [-0.1, -0.05) is 0 Å². The third-order valence-corrected chi connectivity index (χ3v) is 19.8. The molecular formula is C28H29NSn. The Labute approximate surface area is 184 Å². The molecule has 0 aliphatic carbocycles. The molecule has 0 aromatic heterocycles. The van der Waals surface area contributed by atoms with Crippen LogP contribution >= 0.6 is 0 Å². The molecule has 150 valence electrons. The maximum absolute atomic E-state index is 3.55. The number of para-hydroxylation sites is 1. The van der Waals surface area contributed by atoms with Crippen LogP contribution in [0.25, 0.3) is 0 Å². The molecule has 0 bridgehead atoms. The molecule has 0 radical (unpaired) electrons. The van der Waals surface area contributed by atoms with Gasteiger partial charge in [-0.3, -0.25) is 0 Å². The Morgan fingerprint density at radius 3 is 1.27 bits per heavy atom. The summed E-state index contributed by atoms with van der Waals surface area (Å²) in [5.74, 6) is 0. The molecule has 4 aromatic rings. The van der Waals surface area contributed by atoms with Crippen molar-refractivity contribution >= 4 is 38.4 Å². The first-order chi connectivity index (χ1) is 14.8. The monoisotopic (exact) mass is 499 g/mol. The van der Waals surface area contributed by atoms with Crippen LogP contribution in [0.2, 0.25) is 0 Å². The van der Waals surface area contributed by atoms with Crippen molar-refractivity contribution in [3.05, 3.63) is 115 Å². The number of hydrogen-bond acceptors (Lipinski definition) is 1. The van der Waals surface area contributed by atoms with Crippen LogP contribution in [0.5, 0.6) is 0 Å². The van der Waals surface area contributed by atoms with Crippen molar-refractivity contribution in [2.45, 2.75) is 13.8 Å². The molecule has 0 aliphatic rings. The zero-order valence-corrected chi connectivity index (χ0v) is 20.7. The van der Waals surface area contributed by atoms with Gasteiger partial charge < -0.3 is 0 Å². The molecule has 0 unspecified atom stereocenters. The predicted octanol–water partition coefficient (Wildman–Crippen LogP) is 3.91. The summed E-state index contributed by atoms with van der Waals surface area (Å²) in [7, 11) is 0. The Morgan fingerprint density at radius 2 is 0.867 bits per heavy atom. The first-order valence-electron chi connectivity index (χ1n) is 10.8. The Bertz CT molecular complexity index is 961. The second kappa shape index (κ2) is 9.53. The maximum atomic E-state index is 2.51. The number of anilines is 1. The fourth-order valence-corrected chi connectivity index (χ4v) is 18.9. The van der Waals surface area contributed by atoms with Crippen LogP contribution in [0, 0.1) is 0 Å². The first kappa shape index (κ1) is 20.7. The van der Waals surface area contributed by atoms with E-state index in [1.165, 1.54) is 20.0 Å². The molecule has 30 heavy (non-hydrogen) atoms. The van der Waals surface area contributed by atoms with Crippen LogP contribution in [0.1, 0.15) is 13.8 Å². The Kier molecular flexibility index (Phi) is 6.59. The van der Waals surface area contributed by atoms with Crippen LogP contribution in [-0.4, -0.2) is 31.5 Å². The average molecular weight is 498 g/mol. The Morgan fingerprint density at radius 1 is 0.500 bits per heavy atom. The van der Waals surface area contributed by atoms with Gasteiger partial charge in [-0.2, -0.15) is 0 Å². The summed E-state index contributed by atoms with van der Waals surface area (Å²) in [4.78, 5) is 2.51. The van der Waals surface area contributed by atoms with Crippen LogP contribution in [0.4, 0.5) is 5.69 Å². The zero-order chi connectivity index (χ0) is 20.8. The summed E-state index contributed by atoms with van der Waals surface area (Å²) in [6.07, 6.45) is 0. The Balaban J connectivity index is 2.15. The van der Waals surface area contributed by atoms with Crippen LogP contribution in [-0.2, 0) is 0 Å². The van der Waals surface area contributed by atoms with E-state index in [4.69, 9.17) is 0 Å². The van der Waals surface area contributed by atoms with Gasteiger partial charge in [-0.25, -0.2) is 0 Å². The van der Waals surface area contributed by atoms with Crippen molar-refractivity contribution in [2.24, 2.45) is 0 Å². The van der Waals surface area contributed by atoms with E-state index in [1.807, 2.05) is 0 Å². The zero-order valence-electron chi connectivity index (χ0n) is 17.8. The average Bonchev–Trinajstić information content (AvgIpc) is 2.83. The minimum absolute atomic E-state index is 1.01. The van der Waals surface area contributed by atoms with E-state index in [0.717, 1.165) is 13.1 Å². The minimum atomic E-state index is -3.55. The van der Waals surface area contributed by atoms with Gasteiger partial charge in [-0.15, -0.1) is 0 Å². The van der Waals surface area contributed by atoms with Gasteiger partial charge >= 0.3 is 185 Å². The van der Waals surface area contributed by atoms with Gasteiger partial charge in [0, 0.05) is 0 Å². The number of rotatable bonds is 7. The molecular weight excluding hydrogens is 469 g/mol. The van der Waals surface area contributed by atoms with Crippen LogP contribution in [0.15, 0.2) is 115 Å². The number of nitrogens with zero attached hydrogens (tertiary/aromatic N) is 1. The molecule has 0 N–H and O–H groups in total. The number of benzene rings is 4. The van der Waals surface area contributed by atoms with E-state index in [-0.39, 0.29) is 0 Å². The molecule has 2 heteroatoms. The predicted molar refractivity (Wildman–Crippen MR) is 134 cm³/mol. The molecule has 0 saturated carbocycles. The van der Waals surface area contributed by atoms with Gasteiger partial charge in [-0.05, 0) is 0 Å². The van der Waals surface area contributed by atoms with Gasteiger partial charge in [0.15, 0.2) is 0 Å². The molecule has 1 nitrogen and oxygen atoms in total. The molecule has 0 atom stereocenters. The molecule has 0 spiro atoms. The van der Waals surface area contributed by atoms with E-state index in [2.05, 4.69) is 134 Å². The van der Waals surface area contributed by atoms with Crippen molar-refractivity contribution in [2.75, 3.05) is 18.0 Å². The summed E-state index contributed by atoms with van der Waals surface area (Å²) < 4.78 is 6.00. The Hall–Kier alpha value is -2.52. The molecule has 0 heterocycles. The van der Waals surface area contributed by atoms with Gasteiger partial charge in [0.1, 0.15) is 0 Å². The quantitative estimate of drug-likeness (QED) is 0.350. The van der Waals surface area contributed by atoms with Crippen molar-refractivity contribution < 1.29 is 0 Å². The summed E-state index contributed by atoms with van der Waals surface area (Å²) in [6, 6.07) is 42.9. The summed E-state index contributed by atoms with van der Waals surface area (Å²) in [5.41, 5.74) is 1.38. The molecule has 0 aliphatic heterocycles. The second-order valence-corrected chi connectivity index (χ2v) is 18.3. The van der Waals surface area contributed by atoms with E-state index < -0.39 is 18.4 Å². The topological polar surface area (TPSA) is 3.24 Å². The SMILES string of the molecule is CCN(CC)c1cccc[c]1[Sn]([c]1ccccc1)([c]1ccccc1)[c]1ccccc1. The van der Waals surface area contributed by atoms with E-state index >= 15 is 0 Å². The van der Waals surface area contributed by atoms with Crippen molar-refractivity contribution in [3.63, 3.8) is 0 Å². The van der Waals surface area contributed by atoms with Crippen molar-refractivity contribution in [1.82, 2.24) is 0 Å². The number of hydrogen-bond donors (Lipinski definition) is 0. The summed E-state index contributed by atoms with van der Waals surface area (Å²) in [5, 5.41) is 0. The molecule has 0 saturated heterocycles. The molecule has 4 aromatic carbocycles. The van der Waals surface area contributed by atoms with Gasteiger partial charge in [0.25, 0.3) is 0 Å². The molecule has 0 amide bonds. The van der Waals surface area contributed by atoms with E-state index in [0.29, 0.717) is 0 Å². The normalized spacial score (nSPS) is 11.3. The third-order valence-electron chi connectivity index (χ3n) is 6.03. The summed E-state index contributed by atoms with van der Waals surface area (Å²) >= 11 is -3.55. The fourth-order valence-electron chi connectivity index (χ4n) is 4.66. The molecule has 0 fully saturated rings.